The van der Waals surface area contributed by atoms with E-state index in [0.29, 0.717) is 22.4 Å². The molecule has 2 amide bonds. The van der Waals surface area contributed by atoms with Crippen molar-refractivity contribution in [3.05, 3.63) is 29.3 Å². The van der Waals surface area contributed by atoms with Crippen LogP contribution in [0.3, 0.4) is 0 Å². The van der Waals surface area contributed by atoms with Crippen LogP contribution in [0.1, 0.15) is 20.3 Å². The summed E-state index contributed by atoms with van der Waals surface area (Å²) in [5, 5.41) is 3.50. The molecule has 0 saturated carbocycles. The number of nitrogens with one attached hydrogen (secondary N) is 1. The lowest BCUT2D eigenvalue weighted by molar-refractivity contribution is -0.120. The molecule has 2 rings (SSSR count). The molecule has 0 saturated heterocycles. The van der Waals surface area contributed by atoms with Gasteiger partial charge in [0.15, 0.2) is 5.17 Å². The van der Waals surface area contributed by atoms with Crippen molar-refractivity contribution >= 4 is 46.0 Å². The Morgan fingerprint density at radius 2 is 2.23 bits per heavy atom. The van der Waals surface area contributed by atoms with Crippen LogP contribution < -0.4 is 10.2 Å². The molecular weight excluding hydrogens is 322 g/mol. The maximum absolute atomic E-state index is 12.1. The molecule has 1 N–H and O–H groups in total. The summed E-state index contributed by atoms with van der Waals surface area (Å²) >= 11 is 7.43. The fourth-order valence-corrected chi connectivity index (χ4v) is 3.12. The maximum atomic E-state index is 12.1. The van der Waals surface area contributed by atoms with Crippen molar-refractivity contribution in [2.75, 3.05) is 18.0 Å². The van der Waals surface area contributed by atoms with Crippen molar-refractivity contribution < 1.29 is 9.59 Å². The topological polar surface area (TPSA) is 61.8 Å². The van der Waals surface area contributed by atoms with E-state index in [-0.39, 0.29) is 23.6 Å². The number of amides is 2. The number of aliphatic imine (C=N–C) groups is 1. The summed E-state index contributed by atoms with van der Waals surface area (Å²) < 4.78 is 0. The van der Waals surface area contributed by atoms with E-state index in [9.17, 15) is 9.59 Å². The molecule has 0 spiro atoms. The Morgan fingerprint density at radius 1 is 1.50 bits per heavy atom. The van der Waals surface area contributed by atoms with Gasteiger partial charge in [-0.2, -0.15) is 0 Å². The van der Waals surface area contributed by atoms with Crippen molar-refractivity contribution in [2.45, 2.75) is 25.5 Å². The van der Waals surface area contributed by atoms with E-state index in [1.165, 1.54) is 16.7 Å². The fraction of sp³-hybridized carbons (Fsp3) is 0.400. The van der Waals surface area contributed by atoms with Crippen LogP contribution in [0.4, 0.5) is 5.69 Å². The number of rotatable bonds is 5. The number of carbonyl (C=O) groups excluding carboxylic acids is 2. The lowest BCUT2D eigenvalue weighted by atomic mass is 10.3. The summed E-state index contributed by atoms with van der Waals surface area (Å²) in [6, 6.07) is 7.11. The SMILES string of the molecule is CCCNC(=O)[C@H](C)SC1=NCC(=O)N1c1ccccc1Cl. The predicted octanol–water partition coefficient (Wildman–Crippen LogP) is 2.69. The summed E-state index contributed by atoms with van der Waals surface area (Å²) in [7, 11) is 0. The lowest BCUT2D eigenvalue weighted by Crippen LogP contribution is -2.36. The van der Waals surface area contributed by atoms with Crippen LogP contribution in [0.2, 0.25) is 5.02 Å². The summed E-state index contributed by atoms with van der Waals surface area (Å²) in [5.74, 6) is -0.204. The van der Waals surface area contributed by atoms with E-state index in [0.717, 1.165) is 6.42 Å². The first-order valence-corrected chi connectivity index (χ1v) is 8.36. The summed E-state index contributed by atoms with van der Waals surface area (Å²) in [6.07, 6.45) is 0.883. The zero-order chi connectivity index (χ0) is 16.1. The van der Waals surface area contributed by atoms with E-state index in [1.54, 1.807) is 25.1 Å². The van der Waals surface area contributed by atoms with Gasteiger partial charge in [0.25, 0.3) is 5.91 Å². The van der Waals surface area contributed by atoms with Gasteiger partial charge in [0.1, 0.15) is 6.54 Å². The quantitative estimate of drug-likeness (QED) is 0.897. The van der Waals surface area contributed by atoms with Crippen LogP contribution in [0, 0.1) is 0 Å². The predicted molar refractivity (Wildman–Crippen MR) is 91.6 cm³/mol. The van der Waals surface area contributed by atoms with E-state index in [2.05, 4.69) is 10.3 Å². The zero-order valence-corrected chi connectivity index (χ0v) is 14.1. The Hall–Kier alpha value is -1.53. The van der Waals surface area contributed by atoms with Crippen LogP contribution in [-0.4, -0.2) is 35.3 Å². The second-order valence-corrected chi connectivity index (χ2v) is 6.55. The number of para-hydroxylation sites is 1. The first-order valence-electron chi connectivity index (χ1n) is 7.11. The van der Waals surface area contributed by atoms with Gasteiger partial charge in [-0.15, -0.1) is 0 Å². The minimum absolute atomic E-state index is 0.0620. The van der Waals surface area contributed by atoms with Gasteiger partial charge in [0, 0.05) is 6.54 Å². The van der Waals surface area contributed by atoms with Crippen molar-refractivity contribution in [1.82, 2.24) is 5.32 Å². The smallest absolute Gasteiger partial charge is 0.254 e. The summed E-state index contributed by atoms with van der Waals surface area (Å²) in [5.41, 5.74) is 0.596. The molecule has 1 heterocycles. The van der Waals surface area contributed by atoms with Gasteiger partial charge in [-0.1, -0.05) is 42.4 Å². The molecule has 7 heteroatoms. The first kappa shape index (κ1) is 16.8. The monoisotopic (exact) mass is 339 g/mol. The van der Waals surface area contributed by atoms with E-state index < -0.39 is 0 Å². The molecular formula is C15H18ClN3O2S. The summed E-state index contributed by atoms with van der Waals surface area (Å²) in [4.78, 5) is 29.8. The Balaban J connectivity index is 2.12. The number of benzene rings is 1. The average Bonchev–Trinajstić information content (AvgIpc) is 2.86. The average molecular weight is 340 g/mol. The largest absolute Gasteiger partial charge is 0.355 e. The molecule has 5 nitrogen and oxygen atoms in total. The Morgan fingerprint density at radius 3 is 2.91 bits per heavy atom. The van der Waals surface area contributed by atoms with E-state index in [4.69, 9.17) is 11.6 Å². The zero-order valence-electron chi connectivity index (χ0n) is 12.5. The van der Waals surface area contributed by atoms with Crippen LogP contribution in [0.25, 0.3) is 0 Å². The van der Waals surface area contributed by atoms with E-state index >= 15 is 0 Å². The Kier molecular flexibility index (Phi) is 5.85. The molecule has 0 bridgehead atoms. The molecule has 1 aliphatic rings. The number of halogens is 1. The highest BCUT2D eigenvalue weighted by Gasteiger charge is 2.31. The second kappa shape index (κ2) is 7.65. The maximum Gasteiger partial charge on any atom is 0.254 e. The number of hydrogen-bond acceptors (Lipinski definition) is 4. The highest BCUT2D eigenvalue weighted by molar-refractivity contribution is 8.15. The fourth-order valence-electron chi connectivity index (χ4n) is 1.95. The number of hydrogen-bond donors (Lipinski definition) is 1. The van der Waals surface area contributed by atoms with Gasteiger partial charge < -0.3 is 5.32 Å². The van der Waals surface area contributed by atoms with Crippen LogP contribution in [0.15, 0.2) is 29.3 Å². The molecule has 1 aromatic carbocycles. The number of carbonyl (C=O) groups is 2. The van der Waals surface area contributed by atoms with Gasteiger partial charge in [-0.3, -0.25) is 19.5 Å². The molecule has 0 aromatic heterocycles. The molecule has 0 unspecified atom stereocenters. The van der Waals surface area contributed by atoms with Gasteiger partial charge in [-0.25, -0.2) is 0 Å². The van der Waals surface area contributed by atoms with Crippen molar-refractivity contribution in [1.29, 1.82) is 0 Å². The lowest BCUT2D eigenvalue weighted by Gasteiger charge is -2.21. The number of amidine groups is 1. The summed E-state index contributed by atoms with van der Waals surface area (Å²) in [6.45, 7) is 4.52. The molecule has 0 radical (unpaired) electrons. The highest BCUT2D eigenvalue weighted by Crippen LogP contribution is 2.31. The van der Waals surface area contributed by atoms with Gasteiger partial charge in [0.05, 0.1) is 16.0 Å². The van der Waals surface area contributed by atoms with E-state index in [1.807, 2.05) is 13.0 Å². The molecule has 0 aliphatic carbocycles. The highest BCUT2D eigenvalue weighted by atomic mass is 35.5. The molecule has 0 fully saturated rings. The van der Waals surface area contributed by atoms with Crippen molar-refractivity contribution in [2.24, 2.45) is 4.99 Å². The first-order chi connectivity index (χ1) is 10.5. The number of anilines is 1. The minimum atomic E-state index is -0.332. The molecule has 1 aliphatic heterocycles. The second-order valence-electron chi connectivity index (χ2n) is 4.83. The molecule has 22 heavy (non-hydrogen) atoms. The van der Waals surface area contributed by atoms with Crippen LogP contribution in [0.5, 0.6) is 0 Å². The Bertz CT molecular complexity index is 606. The third kappa shape index (κ3) is 3.81. The normalized spacial score (nSPS) is 15.7. The van der Waals surface area contributed by atoms with Gasteiger partial charge in [-0.05, 0) is 25.5 Å². The number of thioether (sulfide) groups is 1. The van der Waals surface area contributed by atoms with Gasteiger partial charge in [0.2, 0.25) is 5.91 Å². The third-order valence-electron chi connectivity index (χ3n) is 3.08. The molecule has 1 atom stereocenters. The minimum Gasteiger partial charge on any atom is -0.355 e. The van der Waals surface area contributed by atoms with Crippen LogP contribution in [-0.2, 0) is 9.59 Å². The van der Waals surface area contributed by atoms with Gasteiger partial charge >= 0.3 is 0 Å². The number of nitrogens with zero attached hydrogens (tertiary/aromatic N) is 2. The third-order valence-corrected chi connectivity index (χ3v) is 4.49. The standard InChI is InChI=1S/C15H18ClN3O2S/c1-3-8-17-14(21)10(2)22-15-18-9-13(20)19(15)12-7-5-4-6-11(12)16/h4-7,10H,3,8-9H2,1-2H3,(H,17,21)/t10-/m0/s1. The van der Waals surface area contributed by atoms with Crippen molar-refractivity contribution in [3.63, 3.8) is 0 Å². The molecule has 118 valence electrons. The van der Waals surface area contributed by atoms with Crippen LogP contribution >= 0.6 is 23.4 Å². The van der Waals surface area contributed by atoms with Crippen molar-refractivity contribution in [3.8, 4) is 0 Å². The molecule has 1 aromatic rings. The Labute approximate surface area is 139 Å².